The van der Waals surface area contributed by atoms with Gasteiger partial charge in [0, 0.05) is 43.3 Å². The fourth-order valence-electron chi connectivity index (χ4n) is 3.06. The molecule has 0 saturated carbocycles. The molecule has 0 bridgehead atoms. The largest absolute Gasteiger partial charge is 0.490 e. The zero-order chi connectivity index (χ0) is 26.2. The number of sulfonamides is 1. The van der Waals surface area contributed by atoms with Crippen molar-refractivity contribution in [2.24, 2.45) is 0 Å². The van der Waals surface area contributed by atoms with Crippen LogP contribution in [0.2, 0.25) is 5.02 Å². The lowest BCUT2D eigenvalue weighted by Gasteiger charge is -2.31. The van der Waals surface area contributed by atoms with Crippen molar-refractivity contribution in [1.29, 1.82) is 0 Å². The van der Waals surface area contributed by atoms with Crippen LogP contribution in [0.15, 0.2) is 42.5 Å². The third kappa shape index (κ3) is 9.26. The molecule has 0 aliphatic carbocycles. The first-order valence-electron chi connectivity index (χ1n) is 10.2. The molecule has 3 rings (SSSR count). The molecule has 1 aliphatic heterocycles. The lowest BCUT2D eigenvalue weighted by Crippen LogP contribution is -2.43. The summed E-state index contributed by atoms with van der Waals surface area (Å²) in [5.41, 5.74) is 2.34. The number of carboxylic acids is 1. The molecule has 14 heteroatoms. The monoisotopic (exact) mass is 536 g/mol. The van der Waals surface area contributed by atoms with E-state index in [4.69, 9.17) is 21.5 Å². The molecule has 0 unspecified atom stereocenters. The standard InChI is InChI=1S/C19H23ClN4O3S.C2HF3O2/c1-28(26,27)23-17-12-14(6-7-18(17)24-10-8-21-9-11-24)19(25)22-13-15-4-2-3-5-16(15)20;3-2(4,5)1(6)7/h2-7,12,21,23H,8-11,13H2,1H3,(H,22,25);(H,6,7). The van der Waals surface area contributed by atoms with E-state index in [9.17, 15) is 26.4 Å². The Bertz CT molecular complexity index is 1160. The molecule has 0 radical (unpaired) electrons. The maximum atomic E-state index is 12.6. The van der Waals surface area contributed by atoms with Gasteiger partial charge in [0.1, 0.15) is 0 Å². The van der Waals surface area contributed by atoms with Gasteiger partial charge in [-0.15, -0.1) is 0 Å². The third-order valence-electron chi connectivity index (χ3n) is 4.65. The van der Waals surface area contributed by atoms with Gasteiger partial charge >= 0.3 is 12.1 Å². The summed E-state index contributed by atoms with van der Waals surface area (Å²) in [7, 11) is -3.48. The predicted octanol–water partition coefficient (Wildman–Crippen LogP) is 2.68. The third-order valence-corrected chi connectivity index (χ3v) is 5.61. The topological polar surface area (TPSA) is 128 Å². The van der Waals surface area contributed by atoms with Crippen molar-refractivity contribution in [1.82, 2.24) is 10.6 Å². The second kappa shape index (κ2) is 12.1. The molecule has 0 spiro atoms. The molecule has 0 atom stereocenters. The summed E-state index contributed by atoms with van der Waals surface area (Å²) in [4.78, 5) is 23.6. The van der Waals surface area contributed by atoms with E-state index in [1.807, 2.05) is 18.2 Å². The summed E-state index contributed by atoms with van der Waals surface area (Å²) in [6.45, 7) is 3.44. The van der Waals surface area contributed by atoms with Crippen LogP contribution in [0.1, 0.15) is 15.9 Å². The number of amides is 1. The molecular formula is C21H24ClF3N4O5S. The molecule has 2 aromatic carbocycles. The maximum Gasteiger partial charge on any atom is 0.490 e. The van der Waals surface area contributed by atoms with E-state index < -0.39 is 22.2 Å². The SMILES string of the molecule is CS(=O)(=O)Nc1cc(C(=O)NCc2ccccc2Cl)ccc1N1CCNCC1.O=C(O)C(F)(F)F. The van der Waals surface area contributed by atoms with E-state index in [0.717, 1.165) is 43.7 Å². The van der Waals surface area contributed by atoms with Crippen LogP contribution in [0.4, 0.5) is 24.5 Å². The van der Waals surface area contributed by atoms with Crippen LogP contribution in [0, 0.1) is 0 Å². The molecule has 0 aromatic heterocycles. The van der Waals surface area contributed by atoms with E-state index in [0.29, 0.717) is 16.3 Å². The fourth-order valence-corrected chi connectivity index (χ4v) is 3.83. The zero-order valence-corrected chi connectivity index (χ0v) is 20.1. The van der Waals surface area contributed by atoms with Gasteiger partial charge in [-0.05, 0) is 29.8 Å². The zero-order valence-electron chi connectivity index (χ0n) is 18.5. The second-order valence-electron chi connectivity index (χ2n) is 7.42. The average molecular weight is 537 g/mol. The lowest BCUT2D eigenvalue weighted by atomic mass is 10.1. The first-order chi connectivity index (χ1) is 16.3. The molecular weight excluding hydrogens is 513 g/mol. The van der Waals surface area contributed by atoms with E-state index in [2.05, 4.69) is 20.3 Å². The van der Waals surface area contributed by atoms with Crippen LogP contribution in [-0.4, -0.2) is 64.0 Å². The van der Waals surface area contributed by atoms with Gasteiger partial charge in [0.05, 0.1) is 17.6 Å². The van der Waals surface area contributed by atoms with Crippen molar-refractivity contribution < 1.29 is 36.3 Å². The van der Waals surface area contributed by atoms with E-state index >= 15 is 0 Å². The molecule has 1 aliphatic rings. The smallest absolute Gasteiger partial charge is 0.475 e. The number of carboxylic acid groups (broad SMARTS) is 1. The predicted molar refractivity (Wildman–Crippen MR) is 126 cm³/mol. The van der Waals surface area contributed by atoms with E-state index in [1.54, 1.807) is 24.3 Å². The van der Waals surface area contributed by atoms with Crippen molar-refractivity contribution in [2.45, 2.75) is 12.7 Å². The Hall–Kier alpha value is -3.03. The number of halogens is 4. The van der Waals surface area contributed by atoms with Gasteiger partial charge in [-0.1, -0.05) is 29.8 Å². The number of piperazine rings is 1. The minimum Gasteiger partial charge on any atom is -0.475 e. The minimum atomic E-state index is -5.08. The summed E-state index contributed by atoms with van der Waals surface area (Å²) in [6, 6.07) is 12.3. The number of hydrogen-bond acceptors (Lipinski definition) is 6. The molecule has 35 heavy (non-hydrogen) atoms. The normalized spacial score (nSPS) is 13.9. The van der Waals surface area contributed by atoms with Gasteiger partial charge in [0.25, 0.3) is 5.91 Å². The van der Waals surface area contributed by atoms with E-state index in [-0.39, 0.29) is 12.5 Å². The number of nitrogens with one attached hydrogen (secondary N) is 3. The van der Waals surface area contributed by atoms with Gasteiger partial charge in [-0.25, -0.2) is 13.2 Å². The summed E-state index contributed by atoms with van der Waals surface area (Å²) in [6.07, 6.45) is -3.99. The van der Waals surface area contributed by atoms with Crippen LogP contribution in [0.3, 0.4) is 0 Å². The average Bonchev–Trinajstić information content (AvgIpc) is 2.77. The number of carbonyl (C=O) groups is 2. The van der Waals surface area contributed by atoms with Crippen molar-refractivity contribution in [3.05, 3.63) is 58.6 Å². The van der Waals surface area contributed by atoms with Crippen LogP contribution < -0.4 is 20.3 Å². The van der Waals surface area contributed by atoms with Gasteiger partial charge in [-0.3, -0.25) is 9.52 Å². The molecule has 4 N–H and O–H groups in total. The quantitative estimate of drug-likeness (QED) is 0.447. The molecule has 9 nitrogen and oxygen atoms in total. The molecule has 192 valence electrons. The van der Waals surface area contributed by atoms with Crippen LogP contribution in [0.5, 0.6) is 0 Å². The first kappa shape index (κ1) is 28.2. The summed E-state index contributed by atoms with van der Waals surface area (Å²) < 4.78 is 57.9. The van der Waals surface area contributed by atoms with E-state index in [1.165, 1.54) is 0 Å². The number of alkyl halides is 3. The maximum absolute atomic E-state index is 12.6. The Kier molecular flexibility index (Phi) is 9.74. The summed E-state index contributed by atoms with van der Waals surface area (Å²) >= 11 is 6.12. The highest BCUT2D eigenvalue weighted by molar-refractivity contribution is 7.92. The minimum absolute atomic E-state index is 0.285. The molecule has 2 aromatic rings. The van der Waals surface area contributed by atoms with Crippen LogP contribution >= 0.6 is 11.6 Å². The highest BCUT2D eigenvalue weighted by Gasteiger charge is 2.38. The number of hydrogen-bond donors (Lipinski definition) is 4. The Morgan fingerprint density at radius 2 is 1.74 bits per heavy atom. The van der Waals surface area contributed by atoms with Gasteiger partial charge < -0.3 is 20.6 Å². The number of aliphatic carboxylic acids is 1. The van der Waals surface area contributed by atoms with Crippen molar-refractivity contribution >= 4 is 44.9 Å². The van der Waals surface area contributed by atoms with Gasteiger partial charge in [-0.2, -0.15) is 13.2 Å². The fraction of sp³-hybridized carbons (Fsp3) is 0.333. The molecule has 1 amide bonds. The molecule has 1 saturated heterocycles. The Labute approximate surface area is 205 Å². The van der Waals surface area contributed by atoms with Crippen LogP contribution in [0.25, 0.3) is 0 Å². The summed E-state index contributed by atoms with van der Waals surface area (Å²) in [5.74, 6) is -3.06. The Morgan fingerprint density at radius 3 is 2.29 bits per heavy atom. The molecule has 1 heterocycles. The number of nitrogens with zero attached hydrogens (tertiary/aromatic N) is 1. The first-order valence-corrected chi connectivity index (χ1v) is 12.4. The second-order valence-corrected chi connectivity index (χ2v) is 9.58. The Balaban J connectivity index is 0.000000540. The van der Waals surface area contributed by atoms with Crippen molar-refractivity contribution in [3.8, 4) is 0 Å². The van der Waals surface area contributed by atoms with Gasteiger partial charge in [0.15, 0.2) is 0 Å². The number of anilines is 2. The lowest BCUT2D eigenvalue weighted by molar-refractivity contribution is -0.192. The number of benzene rings is 2. The van der Waals surface area contributed by atoms with Crippen LogP contribution in [-0.2, 0) is 21.4 Å². The van der Waals surface area contributed by atoms with Crippen molar-refractivity contribution in [3.63, 3.8) is 0 Å². The number of rotatable bonds is 6. The highest BCUT2D eigenvalue weighted by atomic mass is 35.5. The van der Waals surface area contributed by atoms with Crippen molar-refractivity contribution in [2.75, 3.05) is 42.1 Å². The molecule has 1 fully saturated rings. The Morgan fingerprint density at radius 1 is 1.14 bits per heavy atom. The summed E-state index contributed by atoms with van der Waals surface area (Å²) in [5, 5.41) is 13.8. The highest BCUT2D eigenvalue weighted by Crippen LogP contribution is 2.28. The van der Waals surface area contributed by atoms with Gasteiger partial charge in [0.2, 0.25) is 10.0 Å². The number of carbonyl (C=O) groups excluding carboxylic acids is 1.